The van der Waals surface area contributed by atoms with Crippen LogP contribution in [0.25, 0.3) is 0 Å². The number of nitrogens with one attached hydrogen (secondary N) is 1. The Morgan fingerprint density at radius 3 is 2.56 bits per heavy atom. The summed E-state index contributed by atoms with van der Waals surface area (Å²) in [5.74, 6) is -1.11. The van der Waals surface area contributed by atoms with Crippen molar-refractivity contribution in [2.75, 3.05) is 7.11 Å². The van der Waals surface area contributed by atoms with E-state index >= 15 is 0 Å². The molecule has 1 N–H and O–H groups in total. The molecule has 0 radical (unpaired) electrons. The Bertz CT molecular complexity index is 489. The van der Waals surface area contributed by atoms with E-state index in [9.17, 15) is 9.59 Å². The van der Waals surface area contributed by atoms with Gasteiger partial charge < -0.3 is 14.4 Å². The molecule has 0 saturated carbocycles. The number of ether oxygens (including phenoxy) is 1. The molecule has 0 aliphatic heterocycles. The van der Waals surface area contributed by atoms with Crippen LogP contribution < -0.4 is 4.74 Å². The normalized spacial score (nSPS) is 13.3. The van der Waals surface area contributed by atoms with E-state index in [4.69, 9.17) is 22.0 Å². The van der Waals surface area contributed by atoms with Gasteiger partial charge in [-0.25, -0.2) is 4.79 Å². The lowest BCUT2D eigenvalue weighted by Crippen LogP contribution is -2.44. The van der Waals surface area contributed by atoms with Crippen LogP contribution in [0.4, 0.5) is 0 Å². The maximum Gasteiger partial charge on any atom is 0.348 e. The summed E-state index contributed by atoms with van der Waals surface area (Å²) in [6, 6.07) is 6.28. The van der Waals surface area contributed by atoms with Crippen molar-refractivity contribution in [1.29, 1.82) is 5.41 Å². The van der Waals surface area contributed by atoms with Gasteiger partial charge in [0.25, 0.3) is 0 Å². The number of carbonyl (C=O) groups excluding carboxylic acids is 2. The average Bonchev–Trinajstić information content (AvgIpc) is 2.39. The summed E-state index contributed by atoms with van der Waals surface area (Å²) >= 11 is 5.05. The molecule has 0 saturated heterocycles. The number of ketones is 1. The Hall–Kier alpha value is -1.88. The summed E-state index contributed by atoms with van der Waals surface area (Å²) < 4.78 is 9.13. The standard InChI is InChI=1S/C12H12ClNO4/c1-8(15)12(7-14,11(16)18-13)9-4-3-5-10(6-9)17-2/h3-7,14H,1-2H3. The van der Waals surface area contributed by atoms with Gasteiger partial charge in [0.1, 0.15) is 17.6 Å². The van der Waals surface area contributed by atoms with Gasteiger partial charge in [0, 0.05) is 6.21 Å². The average molecular weight is 270 g/mol. The molecule has 5 nitrogen and oxygen atoms in total. The minimum atomic E-state index is -1.84. The van der Waals surface area contributed by atoms with Crippen LogP contribution >= 0.6 is 11.9 Å². The monoisotopic (exact) mass is 269 g/mol. The first-order chi connectivity index (χ1) is 8.52. The predicted molar refractivity (Wildman–Crippen MR) is 66.1 cm³/mol. The lowest BCUT2D eigenvalue weighted by Gasteiger charge is -2.23. The van der Waals surface area contributed by atoms with Crippen LogP contribution in [-0.2, 0) is 19.3 Å². The van der Waals surface area contributed by atoms with Crippen molar-refractivity contribution in [3.8, 4) is 5.75 Å². The van der Waals surface area contributed by atoms with Crippen LogP contribution in [-0.4, -0.2) is 25.1 Å². The zero-order valence-corrected chi connectivity index (χ0v) is 10.7. The molecule has 0 heterocycles. The topological polar surface area (TPSA) is 76.5 Å². The molecule has 0 aliphatic rings. The molecule has 96 valence electrons. The number of hydrogen-bond acceptors (Lipinski definition) is 5. The highest BCUT2D eigenvalue weighted by molar-refractivity contribution is 6.26. The second-order valence-corrected chi connectivity index (χ2v) is 3.76. The van der Waals surface area contributed by atoms with Crippen molar-refractivity contribution >= 4 is 29.8 Å². The molecule has 1 aromatic carbocycles. The van der Waals surface area contributed by atoms with Crippen molar-refractivity contribution < 1.29 is 18.6 Å². The van der Waals surface area contributed by atoms with Gasteiger partial charge >= 0.3 is 5.97 Å². The third kappa shape index (κ3) is 2.22. The second kappa shape index (κ2) is 5.64. The number of methoxy groups -OCH3 is 1. The van der Waals surface area contributed by atoms with E-state index in [1.165, 1.54) is 26.2 Å². The molecule has 6 heteroatoms. The molecule has 18 heavy (non-hydrogen) atoms. The Labute approximate surface area is 109 Å². The number of benzene rings is 1. The molecule has 1 rings (SSSR count). The van der Waals surface area contributed by atoms with E-state index in [0.29, 0.717) is 5.75 Å². The fraction of sp³-hybridized carbons (Fsp3) is 0.250. The molecule has 0 amide bonds. The van der Waals surface area contributed by atoms with Crippen molar-refractivity contribution in [2.45, 2.75) is 12.3 Å². The quantitative estimate of drug-likeness (QED) is 0.654. The number of carbonyl (C=O) groups is 2. The summed E-state index contributed by atoms with van der Waals surface area (Å²) in [6.45, 7) is 1.19. The largest absolute Gasteiger partial charge is 0.497 e. The molecule has 1 aromatic rings. The Morgan fingerprint density at radius 2 is 2.11 bits per heavy atom. The molecule has 1 unspecified atom stereocenters. The molecule has 1 atom stereocenters. The Kier molecular flexibility index (Phi) is 4.44. The van der Waals surface area contributed by atoms with Gasteiger partial charge in [0.05, 0.1) is 7.11 Å². The van der Waals surface area contributed by atoms with Gasteiger partial charge in [-0.05, 0) is 24.6 Å². The highest BCUT2D eigenvalue weighted by Crippen LogP contribution is 2.28. The van der Waals surface area contributed by atoms with E-state index in [-0.39, 0.29) is 5.56 Å². The van der Waals surface area contributed by atoms with E-state index in [1.54, 1.807) is 12.1 Å². The van der Waals surface area contributed by atoms with Gasteiger partial charge in [-0.1, -0.05) is 12.1 Å². The minimum Gasteiger partial charge on any atom is -0.497 e. The molecular weight excluding hydrogens is 258 g/mol. The van der Waals surface area contributed by atoms with Gasteiger partial charge in [-0.2, -0.15) is 0 Å². The Balaban J connectivity index is 3.46. The zero-order chi connectivity index (χ0) is 13.8. The molecule has 0 spiro atoms. The molecule has 0 aromatic heterocycles. The number of rotatable bonds is 5. The molecule has 0 fully saturated rings. The summed E-state index contributed by atoms with van der Waals surface area (Å²) in [5.41, 5.74) is -1.56. The van der Waals surface area contributed by atoms with Gasteiger partial charge in [0.15, 0.2) is 11.2 Å². The molecule has 0 bridgehead atoms. The molecular formula is C12H12ClNO4. The van der Waals surface area contributed by atoms with Crippen molar-refractivity contribution in [1.82, 2.24) is 0 Å². The lowest BCUT2D eigenvalue weighted by molar-refractivity contribution is -0.142. The third-order valence-corrected chi connectivity index (χ3v) is 2.83. The first-order valence-corrected chi connectivity index (χ1v) is 5.34. The van der Waals surface area contributed by atoms with Crippen LogP contribution in [0.15, 0.2) is 24.3 Å². The van der Waals surface area contributed by atoms with Gasteiger partial charge in [0.2, 0.25) is 0 Å². The lowest BCUT2D eigenvalue weighted by atomic mass is 9.78. The summed E-state index contributed by atoms with van der Waals surface area (Å²) in [4.78, 5) is 23.5. The fourth-order valence-corrected chi connectivity index (χ4v) is 1.76. The SMILES string of the molecule is COc1cccc(C(C=N)(C(C)=O)C(=O)OCl)c1. The highest BCUT2D eigenvalue weighted by Gasteiger charge is 2.45. The smallest absolute Gasteiger partial charge is 0.348 e. The maximum atomic E-state index is 11.7. The Morgan fingerprint density at radius 1 is 1.44 bits per heavy atom. The summed E-state index contributed by atoms with van der Waals surface area (Å²) in [6.07, 6.45) is 0.717. The van der Waals surface area contributed by atoms with E-state index in [0.717, 1.165) is 6.21 Å². The van der Waals surface area contributed by atoms with Crippen molar-refractivity contribution in [3.05, 3.63) is 29.8 Å². The van der Waals surface area contributed by atoms with E-state index in [2.05, 4.69) is 4.29 Å². The maximum absolute atomic E-state index is 11.7. The first kappa shape index (κ1) is 14.2. The number of hydrogen-bond donors (Lipinski definition) is 1. The van der Waals surface area contributed by atoms with Crippen LogP contribution in [0.2, 0.25) is 0 Å². The second-order valence-electron chi connectivity index (χ2n) is 3.61. The van der Waals surface area contributed by atoms with Gasteiger partial charge in [-0.3, -0.25) is 4.79 Å². The highest BCUT2D eigenvalue weighted by atomic mass is 35.5. The van der Waals surface area contributed by atoms with Crippen molar-refractivity contribution in [3.63, 3.8) is 0 Å². The summed E-state index contributed by atoms with van der Waals surface area (Å²) in [5, 5.41) is 7.39. The minimum absolute atomic E-state index is 0.273. The number of halogens is 1. The third-order valence-electron chi connectivity index (χ3n) is 2.69. The van der Waals surface area contributed by atoms with Crippen LogP contribution in [0.3, 0.4) is 0 Å². The van der Waals surface area contributed by atoms with E-state index < -0.39 is 17.2 Å². The predicted octanol–water partition coefficient (Wildman–Crippen LogP) is 1.87. The van der Waals surface area contributed by atoms with E-state index in [1.807, 2.05) is 0 Å². The molecule has 0 aliphatic carbocycles. The van der Waals surface area contributed by atoms with Crippen LogP contribution in [0.1, 0.15) is 12.5 Å². The van der Waals surface area contributed by atoms with Gasteiger partial charge in [-0.15, -0.1) is 0 Å². The zero-order valence-electron chi connectivity index (χ0n) is 9.90. The fourth-order valence-electron chi connectivity index (χ4n) is 1.64. The van der Waals surface area contributed by atoms with Crippen molar-refractivity contribution in [2.24, 2.45) is 0 Å². The number of Topliss-reactive ketones (excluding diaryl/α,β-unsaturated/α-hetero) is 1. The van der Waals surface area contributed by atoms with Crippen LogP contribution in [0, 0.1) is 5.41 Å². The summed E-state index contributed by atoms with van der Waals surface area (Å²) in [7, 11) is 1.46. The first-order valence-electron chi connectivity index (χ1n) is 5.03. The van der Waals surface area contributed by atoms with Crippen LogP contribution in [0.5, 0.6) is 5.75 Å².